The Kier molecular flexibility index (Phi) is 4.27. The molecule has 0 aliphatic carbocycles. The highest BCUT2D eigenvalue weighted by atomic mass is 79.9. The number of likely N-dealkylation sites (tertiary alicyclic amines) is 1. The lowest BCUT2D eigenvalue weighted by atomic mass is 9.92. The van der Waals surface area contributed by atoms with Gasteiger partial charge in [-0.15, -0.1) is 0 Å². The maximum Gasteiger partial charge on any atom is 0.410 e. The predicted molar refractivity (Wildman–Crippen MR) is 90.6 cm³/mol. The standard InChI is InChI=1S/C16H22BrN3O3/c1-15(2,3)23-14(21)20-10-16(11-20)9-19(6-7-22-16)13-8-12(17)4-5-18-13/h4-5,8H,6-7,9-11H2,1-3H3. The van der Waals surface area contributed by atoms with Gasteiger partial charge < -0.3 is 19.3 Å². The molecule has 2 saturated heterocycles. The minimum atomic E-state index is -0.473. The van der Waals surface area contributed by atoms with Crippen LogP contribution in [-0.2, 0) is 9.47 Å². The van der Waals surface area contributed by atoms with E-state index in [9.17, 15) is 4.79 Å². The summed E-state index contributed by atoms with van der Waals surface area (Å²) >= 11 is 3.48. The van der Waals surface area contributed by atoms with Crippen LogP contribution in [0, 0.1) is 0 Å². The summed E-state index contributed by atoms with van der Waals surface area (Å²) in [5.41, 5.74) is -0.779. The molecule has 1 amide bonds. The summed E-state index contributed by atoms with van der Waals surface area (Å²) in [5, 5.41) is 0. The molecule has 2 aliphatic heterocycles. The summed E-state index contributed by atoms with van der Waals surface area (Å²) in [6.45, 7) is 8.91. The Morgan fingerprint density at radius 1 is 1.39 bits per heavy atom. The number of amides is 1. The zero-order valence-corrected chi connectivity index (χ0v) is 15.3. The van der Waals surface area contributed by atoms with Gasteiger partial charge in [0.2, 0.25) is 0 Å². The van der Waals surface area contributed by atoms with Gasteiger partial charge in [0.25, 0.3) is 0 Å². The molecular weight excluding hydrogens is 362 g/mol. The number of aromatic nitrogens is 1. The third kappa shape index (κ3) is 3.77. The van der Waals surface area contributed by atoms with E-state index < -0.39 is 5.60 Å². The highest BCUT2D eigenvalue weighted by Crippen LogP contribution is 2.32. The van der Waals surface area contributed by atoms with E-state index in [0.717, 1.165) is 23.4 Å². The summed E-state index contributed by atoms with van der Waals surface area (Å²) < 4.78 is 12.4. The van der Waals surface area contributed by atoms with Crippen LogP contribution in [0.25, 0.3) is 0 Å². The van der Waals surface area contributed by atoms with E-state index >= 15 is 0 Å². The predicted octanol–water partition coefficient (Wildman–Crippen LogP) is 2.67. The molecule has 0 bridgehead atoms. The van der Waals surface area contributed by atoms with E-state index in [4.69, 9.17) is 9.47 Å². The number of hydrogen-bond donors (Lipinski definition) is 0. The van der Waals surface area contributed by atoms with Crippen LogP contribution in [0.2, 0.25) is 0 Å². The van der Waals surface area contributed by atoms with Crippen molar-refractivity contribution in [3.63, 3.8) is 0 Å². The van der Waals surface area contributed by atoms with Crippen LogP contribution in [0.5, 0.6) is 0 Å². The number of ether oxygens (including phenoxy) is 2. The molecule has 0 atom stereocenters. The summed E-state index contributed by atoms with van der Waals surface area (Å²) in [5.74, 6) is 0.928. The fourth-order valence-corrected chi connectivity index (χ4v) is 3.23. The average Bonchev–Trinajstić information content (AvgIpc) is 2.43. The lowest BCUT2D eigenvalue weighted by Crippen LogP contribution is -2.71. The van der Waals surface area contributed by atoms with Gasteiger partial charge in [-0.2, -0.15) is 0 Å². The monoisotopic (exact) mass is 383 g/mol. The first-order chi connectivity index (χ1) is 10.8. The molecule has 1 spiro atoms. The van der Waals surface area contributed by atoms with Crippen LogP contribution in [-0.4, -0.2) is 60.0 Å². The van der Waals surface area contributed by atoms with E-state index in [-0.39, 0.29) is 11.7 Å². The molecule has 3 heterocycles. The number of carbonyl (C=O) groups is 1. The molecule has 0 saturated carbocycles. The number of halogens is 1. The Bertz CT molecular complexity index is 596. The summed E-state index contributed by atoms with van der Waals surface area (Å²) in [7, 11) is 0. The molecule has 0 radical (unpaired) electrons. The fourth-order valence-electron chi connectivity index (χ4n) is 2.90. The first-order valence-electron chi connectivity index (χ1n) is 7.75. The van der Waals surface area contributed by atoms with Crippen molar-refractivity contribution in [2.75, 3.05) is 37.7 Å². The van der Waals surface area contributed by atoms with E-state index in [0.29, 0.717) is 19.7 Å². The molecule has 0 unspecified atom stereocenters. The minimum Gasteiger partial charge on any atom is -0.444 e. The van der Waals surface area contributed by atoms with E-state index in [1.807, 2.05) is 32.9 Å². The van der Waals surface area contributed by atoms with Crippen molar-refractivity contribution >= 4 is 27.8 Å². The van der Waals surface area contributed by atoms with Crippen molar-refractivity contribution < 1.29 is 14.3 Å². The molecule has 6 nitrogen and oxygen atoms in total. The minimum absolute atomic E-state index is 0.274. The zero-order chi connectivity index (χ0) is 16.7. The van der Waals surface area contributed by atoms with Gasteiger partial charge in [0, 0.05) is 17.2 Å². The van der Waals surface area contributed by atoms with Gasteiger partial charge in [0.1, 0.15) is 17.0 Å². The summed E-state index contributed by atoms with van der Waals surface area (Å²) in [6.07, 6.45) is 1.51. The number of hydrogen-bond acceptors (Lipinski definition) is 5. The van der Waals surface area contributed by atoms with Gasteiger partial charge >= 0.3 is 6.09 Å². The van der Waals surface area contributed by atoms with E-state index in [1.165, 1.54) is 0 Å². The average molecular weight is 384 g/mol. The highest BCUT2D eigenvalue weighted by Gasteiger charge is 2.50. The summed E-state index contributed by atoms with van der Waals surface area (Å²) in [4.78, 5) is 20.4. The van der Waals surface area contributed by atoms with Crippen molar-refractivity contribution in [2.24, 2.45) is 0 Å². The molecule has 2 aliphatic rings. The normalized spacial score (nSPS) is 20.3. The number of anilines is 1. The summed E-state index contributed by atoms with van der Waals surface area (Å²) in [6, 6.07) is 3.91. The van der Waals surface area contributed by atoms with E-state index in [2.05, 4.69) is 25.8 Å². The lowest BCUT2D eigenvalue weighted by molar-refractivity contribution is -0.144. The second-order valence-electron chi connectivity index (χ2n) is 7.12. The Morgan fingerprint density at radius 2 is 2.13 bits per heavy atom. The van der Waals surface area contributed by atoms with Gasteiger partial charge in [0.15, 0.2) is 0 Å². The van der Waals surface area contributed by atoms with Crippen LogP contribution >= 0.6 is 15.9 Å². The van der Waals surface area contributed by atoms with Gasteiger partial charge in [-0.05, 0) is 32.9 Å². The topological polar surface area (TPSA) is 54.9 Å². The molecular formula is C16H22BrN3O3. The molecule has 126 valence electrons. The Morgan fingerprint density at radius 3 is 2.78 bits per heavy atom. The van der Waals surface area contributed by atoms with Crippen molar-refractivity contribution in [3.8, 4) is 0 Å². The van der Waals surface area contributed by atoms with Crippen molar-refractivity contribution in [1.29, 1.82) is 0 Å². The number of pyridine rings is 1. The van der Waals surface area contributed by atoms with Crippen LogP contribution in [0.4, 0.5) is 10.6 Å². The van der Waals surface area contributed by atoms with Crippen LogP contribution < -0.4 is 4.90 Å². The van der Waals surface area contributed by atoms with Crippen molar-refractivity contribution in [3.05, 3.63) is 22.8 Å². The highest BCUT2D eigenvalue weighted by molar-refractivity contribution is 9.10. The Balaban J connectivity index is 1.61. The van der Waals surface area contributed by atoms with Crippen LogP contribution in [0.15, 0.2) is 22.8 Å². The van der Waals surface area contributed by atoms with Crippen molar-refractivity contribution in [2.45, 2.75) is 32.0 Å². The molecule has 3 rings (SSSR count). The zero-order valence-electron chi connectivity index (χ0n) is 13.7. The van der Waals surface area contributed by atoms with E-state index in [1.54, 1.807) is 11.1 Å². The molecule has 0 N–H and O–H groups in total. The second-order valence-corrected chi connectivity index (χ2v) is 8.04. The molecule has 1 aromatic heterocycles. The SMILES string of the molecule is CC(C)(C)OC(=O)N1CC2(C1)CN(c1cc(Br)ccn1)CCO2. The van der Waals surface area contributed by atoms with Gasteiger partial charge in [-0.3, -0.25) is 0 Å². The maximum atomic E-state index is 12.1. The number of rotatable bonds is 1. The lowest BCUT2D eigenvalue weighted by Gasteiger charge is -2.53. The molecule has 2 fully saturated rings. The third-order valence-electron chi connectivity index (χ3n) is 3.89. The molecule has 7 heteroatoms. The Labute approximate surface area is 144 Å². The maximum absolute atomic E-state index is 12.1. The fraction of sp³-hybridized carbons (Fsp3) is 0.625. The molecule has 0 aromatic carbocycles. The van der Waals surface area contributed by atoms with Crippen LogP contribution in [0.3, 0.4) is 0 Å². The van der Waals surface area contributed by atoms with Gasteiger partial charge in [0.05, 0.1) is 26.2 Å². The molecule has 1 aromatic rings. The molecule has 23 heavy (non-hydrogen) atoms. The first-order valence-corrected chi connectivity index (χ1v) is 8.54. The van der Waals surface area contributed by atoms with Crippen LogP contribution in [0.1, 0.15) is 20.8 Å². The second kappa shape index (κ2) is 5.94. The number of morpholine rings is 1. The van der Waals surface area contributed by atoms with Gasteiger partial charge in [-0.25, -0.2) is 9.78 Å². The van der Waals surface area contributed by atoms with Gasteiger partial charge in [-0.1, -0.05) is 15.9 Å². The number of nitrogens with zero attached hydrogens (tertiary/aromatic N) is 3. The third-order valence-corrected chi connectivity index (χ3v) is 4.38. The number of carbonyl (C=O) groups excluding carboxylic acids is 1. The first kappa shape index (κ1) is 16.5. The van der Waals surface area contributed by atoms with Crippen molar-refractivity contribution in [1.82, 2.24) is 9.88 Å². The largest absolute Gasteiger partial charge is 0.444 e. The Hall–Kier alpha value is -1.34. The smallest absolute Gasteiger partial charge is 0.410 e. The quantitative estimate of drug-likeness (QED) is 0.745.